The fourth-order valence-electron chi connectivity index (χ4n) is 4.53. The molecule has 6 rings (SSSR count). The van der Waals surface area contributed by atoms with E-state index >= 15 is 0 Å². The minimum absolute atomic E-state index is 0.315. The van der Waals surface area contributed by atoms with Crippen LogP contribution in [0.5, 0.6) is 0 Å². The maximum absolute atomic E-state index is 12.5. The molecule has 1 aromatic heterocycles. The minimum atomic E-state index is 0.315. The second-order valence-corrected chi connectivity index (χ2v) is 7.63. The number of carbonyl (C=O) groups is 1. The van der Waals surface area contributed by atoms with Crippen LogP contribution in [0.15, 0.2) is 48.8 Å². The Kier molecular flexibility index (Phi) is 3.59. The Morgan fingerprint density at radius 1 is 0.960 bits per heavy atom. The van der Waals surface area contributed by atoms with E-state index in [1.807, 2.05) is 24.5 Å². The van der Waals surface area contributed by atoms with Crippen molar-refractivity contribution in [3.63, 3.8) is 0 Å². The van der Waals surface area contributed by atoms with Gasteiger partial charge in [0.05, 0.1) is 0 Å². The van der Waals surface area contributed by atoms with Gasteiger partial charge in [-0.05, 0) is 41.7 Å². The maximum Gasteiger partial charge on any atom is 0.225 e. The molecule has 4 heterocycles. The fourth-order valence-corrected chi connectivity index (χ4v) is 4.53. The summed E-state index contributed by atoms with van der Waals surface area (Å²) >= 11 is 0. The van der Waals surface area contributed by atoms with E-state index in [1.165, 1.54) is 23.1 Å². The van der Waals surface area contributed by atoms with Gasteiger partial charge in [-0.2, -0.15) is 0 Å². The summed E-state index contributed by atoms with van der Waals surface area (Å²) < 4.78 is 0. The minimum Gasteiger partial charge on any atom is -0.339 e. The molecule has 1 saturated carbocycles. The summed E-state index contributed by atoms with van der Waals surface area (Å²) in [5.74, 6) is 1.25. The number of pyridine rings is 1. The van der Waals surface area contributed by atoms with Crippen LogP contribution in [-0.2, 0) is 4.79 Å². The van der Waals surface area contributed by atoms with Gasteiger partial charge in [0.2, 0.25) is 5.91 Å². The predicted molar refractivity (Wildman–Crippen MR) is 97.0 cm³/mol. The lowest BCUT2D eigenvalue weighted by Crippen LogP contribution is -2.72. The quantitative estimate of drug-likeness (QED) is 0.939. The van der Waals surface area contributed by atoms with Crippen molar-refractivity contribution in [2.75, 3.05) is 13.1 Å². The molecule has 25 heavy (non-hydrogen) atoms. The number of carbonyl (C=O) groups excluding carboxylic acids is 1. The molecule has 4 fully saturated rings. The van der Waals surface area contributed by atoms with Gasteiger partial charge >= 0.3 is 0 Å². The highest BCUT2D eigenvalue weighted by molar-refractivity contribution is 5.80. The third-order valence-corrected chi connectivity index (χ3v) is 6.20. The topological polar surface area (TPSA) is 45.2 Å². The molecule has 3 atom stereocenters. The lowest BCUT2D eigenvalue weighted by atomic mass is 9.73. The largest absolute Gasteiger partial charge is 0.339 e. The van der Waals surface area contributed by atoms with Crippen molar-refractivity contribution in [1.82, 2.24) is 15.2 Å². The summed E-state index contributed by atoms with van der Waals surface area (Å²) in [6.45, 7) is 1.73. The first-order valence-electron chi connectivity index (χ1n) is 9.35. The molecule has 1 unspecified atom stereocenters. The average Bonchev–Trinajstić information content (AvgIpc) is 2.62. The summed E-state index contributed by atoms with van der Waals surface area (Å²) in [7, 11) is 0. The molecule has 4 heteroatoms. The number of hydrogen-bond donors (Lipinski definition) is 1. The van der Waals surface area contributed by atoms with Crippen molar-refractivity contribution in [3.05, 3.63) is 54.4 Å². The summed E-state index contributed by atoms with van der Waals surface area (Å²) in [5, 5.41) is 3.63. The van der Waals surface area contributed by atoms with E-state index in [0.29, 0.717) is 29.8 Å². The number of benzene rings is 1. The Balaban J connectivity index is 1.28. The van der Waals surface area contributed by atoms with E-state index in [9.17, 15) is 4.79 Å². The SMILES string of the molecule is O=C(C1CCC1)N1C[C@@H]2N[C@H](C1)C2c1ccc(-c2ccncc2)cc1. The van der Waals surface area contributed by atoms with Gasteiger partial charge in [0.1, 0.15) is 0 Å². The normalized spacial score (nSPS) is 28.2. The first kappa shape index (κ1) is 15.1. The number of hydrogen-bond acceptors (Lipinski definition) is 3. The molecular weight excluding hydrogens is 310 g/mol. The van der Waals surface area contributed by atoms with Crippen molar-refractivity contribution >= 4 is 5.91 Å². The van der Waals surface area contributed by atoms with Crippen LogP contribution < -0.4 is 5.32 Å². The van der Waals surface area contributed by atoms with E-state index in [0.717, 1.165) is 25.9 Å². The van der Waals surface area contributed by atoms with Crippen molar-refractivity contribution in [1.29, 1.82) is 0 Å². The number of amides is 1. The Morgan fingerprint density at radius 3 is 2.20 bits per heavy atom. The number of rotatable bonds is 3. The van der Waals surface area contributed by atoms with Crippen LogP contribution in [0.2, 0.25) is 0 Å². The average molecular weight is 333 g/mol. The predicted octanol–water partition coefficient (Wildman–Crippen LogP) is 2.81. The van der Waals surface area contributed by atoms with Crippen molar-refractivity contribution < 1.29 is 4.79 Å². The molecule has 1 amide bonds. The highest BCUT2D eigenvalue weighted by atomic mass is 16.2. The van der Waals surface area contributed by atoms with E-state index in [-0.39, 0.29) is 0 Å². The van der Waals surface area contributed by atoms with Gasteiger partial charge in [-0.15, -0.1) is 0 Å². The second kappa shape index (κ2) is 5.95. The standard InChI is InChI=1S/C21H23N3O/c25-21(17-2-1-3-17)24-12-18-20(19(13-24)23-18)16-6-4-14(5-7-16)15-8-10-22-11-9-15/h4-11,17-20,23H,1-3,12-13H2/t18-,19+,20?. The molecule has 1 N–H and O–H groups in total. The third kappa shape index (κ3) is 2.56. The molecular formula is C21H23N3O. The molecule has 0 spiro atoms. The number of nitrogens with zero attached hydrogens (tertiary/aromatic N) is 2. The van der Waals surface area contributed by atoms with Crippen LogP contribution in [0.1, 0.15) is 30.7 Å². The number of nitrogens with one attached hydrogen (secondary N) is 1. The van der Waals surface area contributed by atoms with Crippen LogP contribution >= 0.6 is 0 Å². The molecule has 2 aromatic rings. The Morgan fingerprint density at radius 2 is 1.60 bits per heavy atom. The molecule has 3 saturated heterocycles. The number of piperidine rings is 1. The fraction of sp³-hybridized carbons (Fsp3) is 0.429. The molecule has 128 valence electrons. The van der Waals surface area contributed by atoms with Gasteiger partial charge in [0.15, 0.2) is 0 Å². The van der Waals surface area contributed by atoms with Gasteiger partial charge in [0, 0.05) is 49.4 Å². The molecule has 3 aliphatic heterocycles. The van der Waals surface area contributed by atoms with Crippen molar-refractivity contribution in [2.24, 2.45) is 5.92 Å². The van der Waals surface area contributed by atoms with Crippen molar-refractivity contribution in [3.8, 4) is 11.1 Å². The Bertz CT molecular complexity index is 757. The molecule has 0 radical (unpaired) electrons. The summed E-state index contributed by atoms with van der Waals surface area (Å²) in [6.07, 6.45) is 7.08. The molecule has 4 aliphatic rings. The zero-order chi connectivity index (χ0) is 16.8. The second-order valence-electron chi connectivity index (χ2n) is 7.63. The summed E-state index contributed by atoms with van der Waals surface area (Å²) in [4.78, 5) is 18.7. The zero-order valence-electron chi connectivity index (χ0n) is 14.3. The van der Waals surface area contributed by atoms with Crippen LogP contribution in [0.4, 0.5) is 0 Å². The van der Waals surface area contributed by atoms with Crippen molar-refractivity contribution in [2.45, 2.75) is 37.3 Å². The van der Waals surface area contributed by atoms with Gasteiger partial charge in [-0.3, -0.25) is 9.78 Å². The number of piperazine rings is 1. The molecule has 4 nitrogen and oxygen atoms in total. The van der Waals surface area contributed by atoms with Crippen LogP contribution in [-0.4, -0.2) is 41.0 Å². The smallest absolute Gasteiger partial charge is 0.225 e. The van der Waals surface area contributed by atoms with Gasteiger partial charge in [-0.1, -0.05) is 30.7 Å². The highest BCUT2D eigenvalue weighted by Crippen LogP contribution is 2.39. The Labute approximate surface area is 148 Å². The highest BCUT2D eigenvalue weighted by Gasteiger charge is 2.48. The molecule has 2 bridgehead atoms. The molecule has 1 aromatic carbocycles. The lowest BCUT2D eigenvalue weighted by molar-refractivity contribution is -0.143. The number of fused-ring (bicyclic) bond motifs is 2. The van der Waals surface area contributed by atoms with E-state index in [4.69, 9.17) is 0 Å². The van der Waals surface area contributed by atoms with Crippen LogP contribution in [0.3, 0.4) is 0 Å². The first-order chi connectivity index (χ1) is 12.3. The van der Waals surface area contributed by atoms with Gasteiger partial charge in [0.25, 0.3) is 0 Å². The van der Waals surface area contributed by atoms with Gasteiger partial charge < -0.3 is 10.2 Å². The van der Waals surface area contributed by atoms with Crippen LogP contribution in [0, 0.1) is 5.92 Å². The summed E-state index contributed by atoms with van der Waals surface area (Å²) in [6, 6.07) is 13.8. The Hall–Kier alpha value is -2.20. The third-order valence-electron chi connectivity index (χ3n) is 6.20. The van der Waals surface area contributed by atoms with E-state index < -0.39 is 0 Å². The zero-order valence-corrected chi connectivity index (χ0v) is 14.3. The summed E-state index contributed by atoms with van der Waals surface area (Å²) in [5.41, 5.74) is 3.82. The number of aromatic nitrogens is 1. The maximum atomic E-state index is 12.5. The monoisotopic (exact) mass is 333 g/mol. The van der Waals surface area contributed by atoms with E-state index in [1.54, 1.807) is 0 Å². The van der Waals surface area contributed by atoms with Gasteiger partial charge in [-0.25, -0.2) is 0 Å². The van der Waals surface area contributed by atoms with Crippen LogP contribution in [0.25, 0.3) is 11.1 Å². The first-order valence-corrected chi connectivity index (χ1v) is 9.35. The van der Waals surface area contributed by atoms with E-state index in [2.05, 4.69) is 39.5 Å². The molecule has 1 aliphatic carbocycles. The lowest BCUT2D eigenvalue weighted by Gasteiger charge is -2.55.